The SMILES string of the molecule is O=C(c1ccccn1)c1cc(OC(F)F)ccc1[N+](=O)[O-]. The average Bonchev–Trinajstić information content (AvgIpc) is 2.46. The molecule has 0 amide bonds. The van der Waals surface area contributed by atoms with Gasteiger partial charge in [0, 0.05) is 12.3 Å². The first-order valence-electron chi connectivity index (χ1n) is 5.68. The maximum Gasteiger partial charge on any atom is 0.387 e. The summed E-state index contributed by atoms with van der Waals surface area (Å²) in [5.41, 5.74) is -0.904. The summed E-state index contributed by atoms with van der Waals surface area (Å²) >= 11 is 0. The van der Waals surface area contributed by atoms with Crippen molar-refractivity contribution in [2.45, 2.75) is 6.61 Å². The largest absolute Gasteiger partial charge is 0.435 e. The van der Waals surface area contributed by atoms with Gasteiger partial charge in [0.25, 0.3) is 5.69 Å². The van der Waals surface area contributed by atoms with E-state index in [9.17, 15) is 23.7 Å². The molecular formula is C13H8F2N2O4. The van der Waals surface area contributed by atoms with E-state index >= 15 is 0 Å². The van der Waals surface area contributed by atoms with Crippen LogP contribution < -0.4 is 4.74 Å². The zero-order valence-corrected chi connectivity index (χ0v) is 10.4. The quantitative estimate of drug-likeness (QED) is 0.481. The molecule has 0 N–H and O–H groups in total. The van der Waals surface area contributed by atoms with Crippen molar-refractivity contribution in [3.63, 3.8) is 0 Å². The molecule has 1 aromatic carbocycles. The van der Waals surface area contributed by atoms with E-state index in [1.165, 1.54) is 18.3 Å². The smallest absolute Gasteiger partial charge is 0.387 e. The van der Waals surface area contributed by atoms with Crippen LogP contribution in [0.4, 0.5) is 14.5 Å². The second-order valence-electron chi connectivity index (χ2n) is 3.86. The van der Waals surface area contributed by atoms with Crippen molar-refractivity contribution in [3.05, 3.63) is 64.0 Å². The second-order valence-corrected chi connectivity index (χ2v) is 3.86. The molecule has 108 valence electrons. The highest BCUT2D eigenvalue weighted by molar-refractivity contribution is 6.10. The van der Waals surface area contributed by atoms with Crippen LogP contribution >= 0.6 is 0 Å². The van der Waals surface area contributed by atoms with Crippen LogP contribution in [0.15, 0.2) is 42.6 Å². The first-order valence-corrected chi connectivity index (χ1v) is 5.68. The van der Waals surface area contributed by atoms with Gasteiger partial charge in [-0.2, -0.15) is 8.78 Å². The minimum Gasteiger partial charge on any atom is -0.435 e. The number of hydrogen-bond acceptors (Lipinski definition) is 5. The van der Waals surface area contributed by atoms with Crippen LogP contribution in [0.3, 0.4) is 0 Å². The lowest BCUT2D eigenvalue weighted by Gasteiger charge is -2.07. The van der Waals surface area contributed by atoms with Crippen LogP contribution in [0.5, 0.6) is 5.75 Å². The van der Waals surface area contributed by atoms with Gasteiger partial charge in [-0.15, -0.1) is 0 Å². The Morgan fingerprint density at radius 1 is 1.29 bits per heavy atom. The summed E-state index contributed by atoms with van der Waals surface area (Å²) < 4.78 is 28.5. The van der Waals surface area contributed by atoms with Gasteiger partial charge in [-0.3, -0.25) is 19.9 Å². The summed E-state index contributed by atoms with van der Waals surface area (Å²) in [6.07, 6.45) is 1.35. The van der Waals surface area contributed by atoms with Crippen molar-refractivity contribution < 1.29 is 23.2 Å². The fourth-order valence-electron chi connectivity index (χ4n) is 1.67. The van der Waals surface area contributed by atoms with Crippen molar-refractivity contribution in [2.75, 3.05) is 0 Å². The number of pyridine rings is 1. The monoisotopic (exact) mass is 294 g/mol. The Morgan fingerprint density at radius 3 is 2.62 bits per heavy atom. The molecule has 0 atom stereocenters. The molecule has 0 aliphatic heterocycles. The van der Waals surface area contributed by atoms with Gasteiger partial charge in [-0.05, 0) is 24.3 Å². The summed E-state index contributed by atoms with van der Waals surface area (Å²) in [5, 5.41) is 10.9. The molecule has 21 heavy (non-hydrogen) atoms. The first kappa shape index (κ1) is 14.5. The molecule has 0 saturated heterocycles. The predicted molar refractivity (Wildman–Crippen MR) is 67.4 cm³/mol. The lowest BCUT2D eigenvalue weighted by molar-refractivity contribution is -0.385. The van der Waals surface area contributed by atoms with Crippen LogP contribution in [0.25, 0.3) is 0 Å². The first-order chi connectivity index (χ1) is 9.99. The maximum absolute atomic E-state index is 12.2. The molecule has 0 fully saturated rings. The fraction of sp³-hybridized carbons (Fsp3) is 0.0769. The Labute approximate surface area is 117 Å². The third kappa shape index (κ3) is 3.35. The highest BCUT2D eigenvalue weighted by Gasteiger charge is 2.23. The van der Waals surface area contributed by atoms with Gasteiger partial charge < -0.3 is 4.74 Å². The van der Waals surface area contributed by atoms with Crippen molar-refractivity contribution in [2.24, 2.45) is 0 Å². The van der Waals surface area contributed by atoms with E-state index in [4.69, 9.17) is 0 Å². The van der Waals surface area contributed by atoms with E-state index in [1.54, 1.807) is 6.07 Å². The van der Waals surface area contributed by atoms with E-state index in [0.717, 1.165) is 18.2 Å². The summed E-state index contributed by atoms with van der Waals surface area (Å²) in [4.78, 5) is 26.1. The molecule has 0 aliphatic rings. The fourth-order valence-corrected chi connectivity index (χ4v) is 1.67. The molecule has 1 heterocycles. The Morgan fingerprint density at radius 2 is 2.05 bits per heavy atom. The molecular weight excluding hydrogens is 286 g/mol. The summed E-state index contributed by atoms with van der Waals surface area (Å²) in [6, 6.07) is 7.31. The molecule has 0 radical (unpaired) electrons. The number of nitro benzene ring substituents is 1. The predicted octanol–water partition coefficient (Wildman–Crippen LogP) is 2.82. The number of rotatable bonds is 5. The lowest BCUT2D eigenvalue weighted by atomic mass is 10.1. The van der Waals surface area contributed by atoms with Crippen LogP contribution in [0, 0.1) is 10.1 Å². The van der Waals surface area contributed by atoms with Gasteiger partial charge >= 0.3 is 6.61 Å². The summed E-state index contributed by atoms with van der Waals surface area (Å²) in [6.45, 7) is -3.09. The Kier molecular flexibility index (Phi) is 4.17. The number of ketones is 1. The van der Waals surface area contributed by atoms with Gasteiger partial charge in [0.2, 0.25) is 5.78 Å². The molecule has 8 heteroatoms. The Balaban J connectivity index is 2.48. The number of carbonyl (C=O) groups excluding carboxylic acids is 1. The number of benzene rings is 1. The zero-order chi connectivity index (χ0) is 15.4. The van der Waals surface area contributed by atoms with Gasteiger partial charge in [0.05, 0.1) is 4.92 Å². The molecule has 1 aromatic heterocycles. The van der Waals surface area contributed by atoms with E-state index < -0.39 is 23.0 Å². The van der Waals surface area contributed by atoms with Crippen LogP contribution in [0.2, 0.25) is 0 Å². The number of nitrogens with zero attached hydrogens (tertiary/aromatic N) is 2. The molecule has 2 rings (SSSR count). The lowest BCUT2D eigenvalue weighted by Crippen LogP contribution is -2.09. The topological polar surface area (TPSA) is 82.3 Å². The van der Waals surface area contributed by atoms with E-state index in [2.05, 4.69) is 9.72 Å². The molecule has 0 unspecified atom stereocenters. The van der Waals surface area contributed by atoms with Gasteiger partial charge in [-0.25, -0.2) is 0 Å². The molecule has 6 nitrogen and oxygen atoms in total. The highest BCUT2D eigenvalue weighted by Crippen LogP contribution is 2.27. The molecule has 2 aromatic rings. The third-order valence-electron chi connectivity index (χ3n) is 2.53. The number of aromatic nitrogens is 1. The minimum absolute atomic E-state index is 0.0326. The molecule has 0 saturated carbocycles. The Bertz CT molecular complexity index is 677. The maximum atomic E-state index is 12.2. The summed E-state index contributed by atoms with van der Waals surface area (Å²) in [5.74, 6) is -1.09. The van der Waals surface area contributed by atoms with Crippen LogP contribution in [0.1, 0.15) is 16.1 Å². The van der Waals surface area contributed by atoms with Crippen molar-refractivity contribution in [1.29, 1.82) is 0 Å². The number of halogens is 2. The van der Waals surface area contributed by atoms with Gasteiger partial charge in [0.15, 0.2) is 0 Å². The number of nitro groups is 1. The standard InChI is InChI=1S/C13H8F2N2O4/c14-13(15)21-8-4-5-11(17(19)20)9(7-8)12(18)10-3-1-2-6-16-10/h1-7,13H. The molecule has 0 bridgehead atoms. The van der Waals surface area contributed by atoms with Gasteiger partial charge in [0.1, 0.15) is 17.0 Å². The zero-order valence-electron chi connectivity index (χ0n) is 10.4. The minimum atomic E-state index is -3.09. The van der Waals surface area contributed by atoms with Crippen molar-refractivity contribution in [1.82, 2.24) is 4.98 Å². The number of carbonyl (C=O) groups is 1. The molecule has 0 aliphatic carbocycles. The van der Waals surface area contributed by atoms with Gasteiger partial charge in [-0.1, -0.05) is 6.07 Å². The average molecular weight is 294 g/mol. The van der Waals surface area contributed by atoms with E-state index in [0.29, 0.717) is 0 Å². The second kappa shape index (κ2) is 6.04. The highest BCUT2D eigenvalue weighted by atomic mass is 19.3. The number of hydrogen-bond donors (Lipinski definition) is 0. The van der Waals surface area contributed by atoms with E-state index in [-0.39, 0.29) is 17.0 Å². The number of ether oxygens (including phenoxy) is 1. The number of alkyl halides is 2. The van der Waals surface area contributed by atoms with Crippen LogP contribution in [-0.4, -0.2) is 22.3 Å². The van der Waals surface area contributed by atoms with Crippen LogP contribution in [-0.2, 0) is 0 Å². The summed E-state index contributed by atoms with van der Waals surface area (Å²) in [7, 11) is 0. The Hall–Kier alpha value is -2.90. The van der Waals surface area contributed by atoms with Crippen molar-refractivity contribution in [3.8, 4) is 5.75 Å². The van der Waals surface area contributed by atoms with E-state index in [1.807, 2.05) is 0 Å². The third-order valence-corrected chi connectivity index (χ3v) is 2.53. The van der Waals surface area contributed by atoms with Crippen molar-refractivity contribution >= 4 is 11.5 Å². The molecule has 0 spiro atoms. The normalized spacial score (nSPS) is 10.4.